The van der Waals surface area contributed by atoms with Gasteiger partial charge in [-0.2, -0.15) is 0 Å². The number of aromatic nitrogens is 1. The highest BCUT2D eigenvalue weighted by Gasteiger charge is 2.21. The highest BCUT2D eigenvalue weighted by Crippen LogP contribution is 2.27. The van der Waals surface area contributed by atoms with Crippen molar-refractivity contribution in [2.45, 2.75) is 31.9 Å². The van der Waals surface area contributed by atoms with Crippen molar-refractivity contribution >= 4 is 45.9 Å². The Kier molecular flexibility index (Phi) is 7.55. The number of benzene rings is 3. The lowest BCUT2D eigenvalue weighted by Gasteiger charge is -2.13. The van der Waals surface area contributed by atoms with E-state index in [1.54, 1.807) is 59.2 Å². The van der Waals surface area contributed by atoms with E-state index >= 15 is 0 Å². The van der Waals surface area contributed by atoms with Crippen LogP contribution in [0.2, 0.25) is 0 Å². The molecular weight excluding hydrogens is 503 g/mol. The quantitative estimate of drug-likeness (QED) is 0.234. The molecule has 2 heterocycles. The van der Waals surface area contributed by atoms with Gasteiger partial charge in [0.25, 0.3) is 5.91 Å². The first-order valence-corrected chi connectivity index (χ1v) is 12.6. The first kappa shape index (κ1) is 25.9. The van der Waals surface area contributed by atoms with Crippen LogP contribution in [-0.4, -0.2) is 40.3 Å². The first-order chi connectivity index (χ1) is 18.9. The van der Waals surface area contributed by atoms with Gasteiger partial charge in [0.15, 0.2) is 0 Å². The SMILES string of the molecule is O=C(O)Nc1ccc(NC(=O)c2cc3cc(NC(=O)CC4CCCO4)ccc3n2Cc2ccccc2F)cc1. The highest BCUT2D eigenvalue weighted by atomic mass is 19.1. The molecular formula is C29H27FN4O5. The maximum absolute atomic E-state index is 14.5. The van der Waals surface area contributed by atoms with E-state index in [0.29, 0.717) is 45.8 Å². The molecule has 1 saturated heterocycles. The molecule has 4 aromatic rings. The molecule has 0 bridgehead atoms. The number of halogens is 1. The third-order valence-electron chi connectivity index (χ3n) is 6.54. The first-order valence-electron chi connectivity index (χ1n) is 12.6. The second-order valence-electron chi connectivity index (χ2n) is 9.33. The maximum Gasteiger partial charge on any atom is 0.409 e. The van der Waals surface area contributed by atoms with Gasteiger partial charge < -0.3 is 25.0 Å². The monoisotopic (exact) mass is 530 g/mol. The summed E-state index contributed by atoms with van der Waals surface area (Å²) in [6.45, 7) is 0.790. The average molecular weight is 531 g/mol. The standard InChI is InChI=1S/C29H27FN4O5/c30-24-6-2-1-4-18(24)17-34-25-12-11-22(31-27(35)16-23-5-3-13-39-23)14-19(25)15-26(34)28(36)32-20-7-9-21(10-8-20)33-29(37)38/h1-2,4,6-12,14-15,23,33H,3,5,13,16-17H2,(H,31,35)(H,32,36)(H,37,38). The number of hydrogen-bond donors (Lipinski definition) is 4. The fourth-order valence-corrected chi connectivity index (χ4v) is 4.68. The van der Waals surface area contributed by atoms with Crippen molar-refractivity contribution in [3.8, 4) is 0 Å². The average Bonchev–Trinajstić information content (AvgIpc) is 3.54. The molecule has 5 rings (SSSR count). The maximum atomic E-state index is 14.5. The number of amides is 3. The molecule has 0 radical (unpaired) electrons. The number of nitrogens with zero attached hydrogens (tertiary/aromatic N) is 1. The minimum atomic E-state index is -1.19. The Labute approximate surface area is 223 Å². The van der Waals surface area contributed by atoms with Gasteiger partial charge in [-0.3, -0.25) is 14.9 Å². The Morgan fingerprint density at radius 1 is 0.923 bits per heavy atom. The summed E-state index contributed by atoms with van der Waals surface area (Å²) in [7, 11) is 0. The zero-order valence-corrected chi connectivity index (χ0v) is 20.9. The van der Waals surface area contributed by atoms with Crippen LogP contribution in [0.3, 0.4) is 0 Å². The van der Waals surface area contributed by atoms with Gasteiger partial charge >= 0.3 is 6.09 Å². The molecule has 39 heavy (non-hydrogen) atoms. The van der Waals surface area contributed by atoms with Gasteiger partial charge in [0, 0.05) is 40.1 Å². The molecule has 1 fully saturated rings. The summed E-state index contributed by atoms with van der Waals surface area (Å²) < 4.78 is 21.8. The molecule has 9 nitrogen and oxygen atoms in total. The van der Waals surface area contributed by atoms with E-state index in [1.807, 2.05) is 0 Å². The second kappa shape index (κ2) is 11.4. The molecule has 3 aromatic carbocycles. The number of carbonyl (C=O) groups is 3. The Morgan fingerprint density at radius 2 is 1.64 bits per heavy atom. The second-order valence-corrected chi connectivity index (χ2v) is 9.33. The van der Waals surface area contributed by atoms with E-state index in [9.17, 15) is 18.8 Å². The van der Waals surface area contributed by atoms with Crippen LogP contribution >= 0.6 is 0 Å². The van der Waals surface area contributed by atoms with Crippen LogP contribution in [0, 0.1) is 5.82 Å². The number of carbonyl (C=O) groups excluding carboxylic acids is 2. The van der Waals surface area contributed by atoms with E-state index in [4.69, 9.17) is 9.84 Å². The summed E-state index contributed by atoms with van der Waals surface area (Å²) in [5, 5.41) is 17.5. The molecule has 3 amide bonds. The molecule has 4 N–H and O–H groups in total. The van der Waals surface area contributed by atoms with Crippen molar-refractivity contribution in [2.75, 3.05) is 22.6 Å². The van der Waals surface area contributed by atoms with Crippen LogP contribution in [-0.2, 0) is 16.1 Å². The van der Waals surface area contributed by atoms with Crippen molar-refractivity contribution in [1.29, 1.82) is 0 Å². The minimum absolute atomic E-state index is 0.0696. The Morgan fingerprint density at radius 3 is 2.33 bits per heavy atom. The molecule has 1 atom stereocenters. The normalized spacial score (nSPS) is 14.7. The van der Waals surface area contributed by atoms with Crippen molar-refractivity contribution < 1.29 is 28.6 Å². The van der Waals surface area contributed by atoms with E-state index in [2.05, 4.69) is 16.0 Å². The van der Waals surface area contributed by atoms with E-state index in [-0.39, 0.29) is 30.8 Å². The van der Waals surface area contributed by atoms with Crippen molar-refractivity contribution in [3.63, 3.8) is 0 Å². The zero-order chi connectivity index (χ0) is 27.4. The summed E-state index contributed by atoms with van der Waals surface area (Å²) in [5.41, 5.74) is 2.82. The summed E-state index contributed by atoms with van der Waals surface area (Å²) >= 11 is 0. The topological polar surface area (TPSA) is 122 Å². The summed E-state index contributed by atoms with van der Waals surface area (Å²) in [5.74, 6) is -0.957. The van der Waals surface area contributed by atoms with Crippen molar-refractivity contribution in [1.82, 2.24) is 4.57 Å². The number of rotatable bonds is 8. The summed E-state index contributed by atoms with van der Waals surface area (Å²) in [4.78, 5) is 36.7. The number of ether oxygens (including phenoxy) is 1. The molecule has 200 valence electrons. The van der Waals surface area contributed by atoms with Gasteiger partial charge in [0.1, 0.15) is 11.5 Å². The molecule has 10 heteroatoms. The van der Waals surface area contributed by atoms with Crippen molar-refractivity contribution in [3.05, 3.63) is 89.9 Å². The number of hydrogen-bond acceptors (Lipinski definition) is 4. The summed E-state index contributed by atoms with van der Waals surface area (Å²) in [6.07, 6.45) is 0.837. The van der Waals surface area contributed by atoms with Gasteiger partial charge in [0.05, 0.1) is 19.1 Å². The van der Waals surface area contributed by atoms with Crippen LogP contribution in [0.4, 0.5) is 26.2 Å². The largest absolute Gasteiger partial charge is 0.465 e. The van der Waals surface area contributed by atoms with E-state index in [0.717, 1.165) is 12.8 Å². The Bertz CT molecular complexity index is 1530. The molecule has 0 aliphatic carbocycles. The van der Waals surface area contributed by atoms with Crippen LogP contribution in [0.5, 0.6) is 0 Å². The zero-order valence-electron chi connectivity index (χ0n) is 20.9. The predicted molar refractivity (Wildman–Crippen MR) is 146 cm³/mol. The minimum Gasteiger partial charge on any atom is -0.465 e. The number of fused-ring (bicyclic) bond motifs is 1. The van der Waals surface area contributed by atoms with Gasteiger partial charge in [0.2, 0.25) is 5.91 Å². The van der Waals surface area contributed by atoms with E-state index in [1.165, 1.54) is 18.2 Å². The Hall–Kier alpha value is -4.70. The molecule has 1 aromatic heterocycles. The highest BCUT2D eigenvalue weighted by molar-refractivity contribution is 6.07. The van der Waals surface area contributed by atoms with Gasteiger partial charge in [-0.1, -0.05) is 18.2 Å². The van der Waals surface area contributed by atoms with Crippen LogP contribution in [0.25, 0.3) is 10.9 Å². The molecule has 1 aliphatic rings. The van der Waals surface area contributed by atoms with Crippen LogP contribution in [0.15, 0.2) is 72.8 Å². The number of nitrogens with one attached hydrogen (secondary N) is 3. The molecule has 0 saturated carbocycles. The molecule has 1 aliphatic heterocycles. The molecule has 1 unspecified atom stereocenters. The van der Waals surface area contributed by atoms with Crippen molar-refractivity contribution in [2.24, 2.45) is 0 Å². The lowest BCUT2D eigenvalue weighted by molar-refractivity contribution is -0.118. The van der Waals surface area contributed by atoms with Gasteiger partial charge in [-0.15, -0.1) is 0 Å². The fraction of sp³-hybridized carbons (Fsp3) is 0.207. The van der Waals surface area contributed by atoms with E-state index < -0.39 is 12.0 Å². The van der Waals surface area contributed by atoms with Gasteiger partial charge in [-0.25, -0.2) is 9.18 Å². The Balaban J connectivity index is 1.42. The van der Waals surface area contributed by atoms with Gasteiger partial charge in [-0.05, 0) is 67.4 Å². The third kappa shape index (κ3) is 6.24. The lowest BCUT2D eigenvalue weighted by Crippen LogP contribution is -2.19. The number of anilines is 3. The summed E-state index contributed by atoms with van der Waals surface area (Å²) in [6, 6.07) is 19.6. The smallest absolute Gasteiger partial charge is 0.409 e. The fourth-order valence-electron chi connectivity index (χ4n) is 4.68. The third-order valence-corrected chi connectivity index (χ3v) is 6.54. The van der Waals surface area contributed by atoms with Crippen LogP contribution < -0.4 is 16.0 Å². The molecule has 0 spiro atoms. The predicted octanol–water partition coefficient (Wildman–Crippen LogP) is 5.68. The number of carboxylic acid groups (broad SMARTS) is 1. The lowest BCUT2D eigenvalue weighted by atomic mass is 10.1. The van der Waals surface area contributed by atoms with Crippen LogP contribution in [0.1, 0.15) is 35.3 Å².